The van der Waals surface area contributed by atoms with E-state index in [-0.39, 0.29) is 0 Å². The molecule has 4 nitrogen and oxygen atoms in total. The molecule has 2 aromatic rings. The Morgan fingerprint density at radius 2 is 1.57 bits per heavy atom. The van der Waals surface area contributed by atoms with Gasteiger partial charge in [-0.1, -0.05) is 0 Å². The second-order valence-corrected chi connectivity index (χ2v) is 4.33. The van der Waals surface area contributed by atoms with Crippen molar-refractivity contribution in [2.75, 3.05) is 7.11 Å². The van der Waals surface area contributed by atoms with Gasteiger partial charge in [-0.2, -0.15) is 19.0 Å². The van der Waals surface area contributed by atoms with Crippen LogP contribution in [0.15, 0.2) is 52.7 Å². The molecular formula is C16H13F3N2O2. The molecule has 2 aromatic carbocycles. The van der Waals surface area contributed by atoms with Crippen LogP contribution in [0, 0.1) is 5.82 Å². The van der Waals surface area contributed by atoms with Crippen LogP contribution in [0.1, 0.15) is 11.1 Å². The molecule has 120 valence electrons. The molecule has 0 N–H and O–H groups in total. The van der Waals surface area contributed by atoms with Gasteiger partial charge in [-0.15, -0.1) is 0 Å². The fourth-order valence-corrected chi connectivity index (χ4v) is 1.68. The summed E-state index contributed by atoms with van der Waals surface area (Å²) < 4.78 is 46.6. The molecule has 0 aliphatic rings. The highest BCUT2D eigenvalue weighted by molar-refractivity contribution is 5.82. The smallest absolute Gasteiger partial charge is 0.387 e. The Bertz CT molecular complexity index is 701. The molecule has 0 bridgehead atoms. The molecule has 0 saturated heterocycles. The first kappa shape index (κ1) is 16.5. The van der Waals surface area contributed by atoms with Gasteiger partial charge in [0.1, 0.15) is 5.75 Å². The largest absolute Gasteiger partial charge is 0.497 e. The number of methoxy groups -OCH3 is 1. The highest BCUT2D eigenvalue weighted by atomic mass is 19.3. The van der Waals surface area contributed by atoms with Crippen molar-refractivity contribution in [3.05, 3.63) is 59.4 Å². The van der Waals surface area contributed by atoms with Crippen molar-refractivity contribution < 1.29 is 22.6 Å². The highest BCUT2D eigenvalue weighted by Crippen LogP contribution is 2.19. The van der Waals surface area contributed by atoms with Crippen LogP contribution in [-0.4, -0.2) is 26.2 Å². The van der Waals surface area contributed by atoms with Gasteiger partial charge in [0, 0.05) is 0 Å². The van der Waals surface area contributed by atoms with Crippen molar-refractivity contribution in [3.63, 3.8) is 0 Å². The Kier molecular flexibility index (Phi) is 5.74. The van der Waals surface area contributed by atoms with Crippen molar-refractivity contribution in [2.24, 2.45) is 10.2 Å². The summed E-state index contributed by atoms with van der Waals surface area (Å²) in [7, 11) is 1.57. The lowest BCUT2D eigenvalue weighted by Gasteiger charge is -2.05. The average molecular weight is 322 g/mol. The number of rotatable bonds is 6. The monoisotopic (exact) mass is 322 g/mol. The summed E-state index contributed by atoms with van der Waals surface area (Å²) in [6.45, 7) is -3.07. The first-order chi connectivity index (χ1) is 11.1. The number of halogens is 3. The summed E-state index contributed by atoms with van der Waals surface area (Å²) in [6, 6.07) is 10.7. The molecule has 0 fully saturated rings. The number of nitrogens with zero attached hydrogens (tertiary/aromatic N) is 2. The predicted molar refractivity (Wildman–Crippen MR) is 81.2 cm³/mol. The fourth-order valence-electron chi connectivity index (χ4n) is 1.68. The van der Waals surface area contributed by atoms with Crippen LogP contribution in [0.4, 0.5) is 13.2 Å². The Morgan fingerprint density at radius 3 is 2.13 bits per heavy atom. The molecule has 0 amide bonds. The zero-order valence-electron chi connectivity index (χ0n) is 12.1. The number of hydrogen-bond donors (Lipinski definition) is 0. The van der Waals surface area contributed by atoms with E-state index in [4.69, 9.17) is 4.74 Å². The Morgan fingerprint density at radius 1 is 0.957 bits per heavy atom. The molecule has 0 spiro atoms. The highest BCUT2D eigenvalue weighted by Gasteiger charge is 2.09. The van der Waals surface area contributed by atoms with Crippen molar-refractivity contribution in [2.45, 2.75) is 6.61 Å². The van der Waals surface area contributed by atoms with Crippen LogP contribution < -0.4 is 9.47 Å². The second-order valence-electron chi connectivity index (χ2n) is 4.33. The minimum Gasteiger partial charge on any atom is -0.497 e. The van der Waals surface area contributed by atoms with Crippen molar-refractivity contribution in [1.29, 1.82) is 0 Å². The first-order valence-electron chi connectivity index (χ1n) is 6.53. The van der Waals surface area contributed by atoms with Gasteiger partial charge >= 0.3 is 6.61 Å². The molecule has 0 radical (unpaired) electrons. The van der Waals surface area contributed by atoms with E-state index in [1.807, 2.05) is 0 Å². The minimum atomic E-state index is -3.07. The van der Waals surface area contributed by atoms with Gasteiger partial charge < -0.3 is 9.47 Å². The SMILES string of the molecule is COc1ccc(C=NN=Cc2ccc(OC(F)F)c(F)c2)cc1. The molecule has 2 rings (SSSR count). The summed E-state index contributed by atoms with van der Waals surface area (Å²) >= 11 is 0. The summed E-state index contributed by atoms with van der Waals surface area (Å²) in [5.74, 6) is -0.681. The van der Waals surface area contributed by atoms with Gasteiger partial charge in [0.25, 0.3) is 0 Å². The Labute approximate surface area is 130 Å². The molecule has 23 heavy (non-hydrogen) atoms. The summed E-state index contributed by atoms with van der Waals surface area (Å²) in [5.41, 5.74) is 1.19. The number of ether oxygens (including phenoxy) is 2. The zero-order chi connectivity index (χ0) is 16.7. The molecule has 0 saturated carbocycles. The number of alkyl halides is 2. The second kappa shape index (κ2) is 7.98. The maximum atomic E-state index is 13.5. The van der Waals surface area contributed by atoms with E-state index >= 15 is 0 Å². The van der Waals surface area contributed by atoms with Crippen molar-refractivity contribution in [1.82, 2.24) is 0 Å². The van der Waals surface area contributed by atoms with Crippen LogP contribution in [0.3, 0.4) is 0 Å². The topological polar surface area (TPSA) is 43.2 Å². The van der Waals surface area contributed by atoms with Crippen molar-refractivity contribution in [3.8, 4) is 11.5 Å². The maximum Gasteiger partial charge on any atom is 0.387 e. The molecule has 0 aromatic heterocycles. The maximum absolute atomic E-state index is 13.5. The minimum absolute atomic E-state index is 0.371. The third-order valence-corrected chi connectivity index (χ3v) is 2.77. The van der Waals surface area contributed by atoms with E-state index in [0.29, 0.717) is 5.56 Å². The van der Waals surface area contributed by atoms with Gasteiger partial charge in [0.05, 0.1) is 19.5 Å². The van der Waals surface area contributed by atoms with Gasteiger partial charge in [-0.3, -0.25) is 0 Å². The van der Waals surface area contributed by atoms with Gasteiger partial charge in [0.2, 0.25) is 0 Å². The standard InChI is InChI=1S/C16H13F3N2O2/c1-22-13-5-2-11(3-6-13)9-20-21-10-12-4-7-15(14(17)8-12)23-16(18)19/h2-10,16H,1H3. The van der Waals surface area contributed by atoms with E-state index in [9.17, 15) is 13.2 Å². The Balaban J connectivity index is 1.99. The van der Waals surface area contributed by atoms with Crippen LogP contribution in [0.5, 0.6) is 11.5 Å². The average Bonchev–Trinajstić information content (AvgIpc) is 2.54. The summed E-state index contributed by atoms with van der Waals surface area (Å²) in [5, 5.41) is 7.59. The molecule has 0 aliphatic carbocycles. The quantitative estimate of drug-likeness (QED) is 0.598. The number of benzene rings is 2. The van der Waals surface area contributed by atoms with Gasteiger partial charge in [-0.25, -0.2) is 4.39 Å². The lowest BCUT2D eigenvalue weighted by molar-refractivity contribution is -0.0521. The van der Waals surface area contributed by atoms with Crippen LogP contribution >= 0.6 is 0 Å². The van der Waals surface area contributed by atoms with E-state index in [2.05, 4.69) is 14.9 Å². The molecule has 7 heteroatoms. The van der Waals surface area contributed by atoms with Gasteiger partial charge in [-0.05, 0) is 53.6 Å². The fraction of sp³-hybridized carbons (Fsp3) is 0.125. The van der Waals surface area contributed by atoms with Crippen LogP contribution in [0.2, 0.25) is 0 Å². The third-order valence-electron chi connectivity index (χ3n) is 2.77. The molecule has 0 heterocycles. The summed E-state index contributed by atoms with van der Waals surface area (Å²) in [4.78, 5) is 0. The van der Waals surface area contributed by atoms with E-state index in [0.717, 1.165) is 23.4 Å². The van der Waals surface area contributed by atoms with E-state index in [1.165, 1.54) is 18.5 Å². The van der Waals surface area contributed by atoms with E-state index < -0.39 is 18.2 Å². The van der Waals surface area contributed by atoms with E-state index in [1.54, 1.807) is 31.4 Å². The van der Waals surface area contributed by atoms with Crippen molar-refractivity contribution >= 4 is 12.4 Å². The number of hydrogen-bond acceptors (Lipinski definition) is 4. The molecular weight excluding hydrogens is 309 g/mol. The van der Waals surface area contributed by atoms with Crippen LogP contribution in [0.25, 0.3) is 0 Å². The lowest BCUT2D eigenvalue weighted by Crippen LogP contribution is -2.03. The Hall–Kier alpha value is -2.83. The first-order valence-corrected chi connectivity index (χ1v) is 6.53. The third kappa shape index (κ3) is 5.14. The lowest BCUT2D eigenvalue weighted by atomic mass is 10.2. The molecule has 0 atom stereocenters. The molecule has 0 unspecified atom stereocenters. The predicted octanol–water partition coefficient (Wildman–Crippen LogP) is 3.89. The van der Waals surface area contributed by atoms with Crippen LogP contribution in [-0.2, 0) is 0 Å². The zero-order valence-corrected chi connectivity index (χ0v) is 12.1. The normalized spacial score (nSPS) is 11.5. The van der Waals surface area contributed by atoms with Gasteiger partial charge in [0.15, 0.2) is 11.6 Å². The summed E-state index contributed by atoms with van der Waals surface area (Å²) in [6.07, 6.45) is 2.82. The molecule has 0 aliphatic heterocycles.